The van der Waals surface area contributed by atoms with Crippen molar-refractivity contribution >= 4 is 27.4 Å². The number of carbonyl (C=O) groups excluding carboxylic acids is 1. The molecule has 0 unspecified atom stereocenters. The first-order chi connectivity index (χ1) is 6.66. The summed E-state index contributed by atoms with van der Waals surface area (Å²) in [5.74, 6) is 0.0614. The number of hydrogen-bond donors (Lipinski definition) is 0. The maximum Gasteiger partial charge on any atom is 0.396 e. The van der Waals surface area contributed by atoms with Crippen LogP contribution in [0.4, 0.5) is 0 Å². The highest BCUT2D eigenvalue weighted by Crippen LogP contribution is 2.21. The molecule has 0 aliphatic carbocycles. The van der Waals surface area contributed by atoms with E-state index in [1.807, 2.05) is 12.1 Å². The van der Waals surface area contributed by atoms with Crippen LogP contribution in [0.15, 0.2) is 27.4 Å². The first kappa shape index (κ1) is 9.15. The van der Waals surface area contributed by atoms with E-state index in [1.165, 1.54) is 6.92 Å². The number of carbonyl (C=O) groups is 1. The summed E-state index contributed by atoms with van der Waals surface area (Å²) in [5.41, 5.74) is 1.34. The number of benzene rings is 1. The summed E-state index contributed by atoms with van der Waals surface area (Å²) >= 11 is 1.06. The van der Waals surface area contributed by atoms with Crippen molar-refractivity contribution in [1.29, 1.82) is 0 Å². The van der Waals surface area contributed by atoms with Gasteiger partial charge in [0.2, 0.25) is 0 Å². The Bertz CT molecular complexity index is 536. The van der Waals surface area contributed by atoms with Crippen LogP contribution in [0.5, 0.6) is 0 Å². The van der Waals surface area contributed by atoms with Crippen molar-refractivity contribution in [3.05, 3.63) is 33.5 Å². The fraction of sp³-hybridized carbons (Fsp3) is 0.200. The molecule has 0 saturated heterocycles. The molecule has 1 aromatic heterocycles. The van der Waals surface area contributed by atoms with Crippen molar-refractivity contribution in [2.24, 2.45) is 0 Å². The van der Waals surface area contributed by atoms with Gasteiger partial charge in [-0.15, -0.1) is 0 Å². The van der Waals surface area contributed by atoms with Crippen LogP contribution in [-0.2, 0) is 11.2 Å². The fourth-order valence-electron chi connectivity index (χ4n) is 1.36. The van der Waals surface area contributed by atoms with E-state index in [9.17, 15) is 9.59 Å². The van der Waals surface area contributed by atoms with E-state index >= 15 is 0 Å². The molecule has 72 valence electrons. The average molecular weight is 208 g/mol. The molecule has 0 fully saturated rings. The standard InChI is InChI=1S/C10H8O3S/c1-6(11)5-7-3-2-4-8-9(7)13-10(12)14-8/h2-4H,5H2,1H3. The Labute approximate surface area is 84.0 Å². The van der Waals surface area contributed by atoms with Crippen molar-refractivity contribution in [1.82, 2.24) is 0 Å². The van der Waals surface area contributed by atoms with Crippen molar-refractivity contribution < 1.29 is 9.21 Å². The predicted octanol–water partition coefficient (Wildman–Crippen LogP) is 1.99. The van der Waals surface area contributed by atoms with E-state index in [0.29, 0.717) is 12.0 Å². The van der Waals surface area contributed by atoms with Crippen LogP contribution in [-0.4, -0.2) is 5.78 Å². The predicted molar refractivity (Wildman–Crippen MR) is 54.7 cm³/mol. The zero-order chi connectivity index (χ0) is 10.1. The number of rotatable bonds is 2. The van der Waals surface area contributed by atoms with Gasteiger partial charge < -0.3 is 4.42 Å². The molecule has 0 aliphatic rings. The number of Topliss-reactive ketones (excluding diaryl/α,β-unsaturated/α-hetero) is 1. The number of para-hydroxylation sites is 1. The molecule has 0 saturated carbocycles. The Kier molecular flexibility index (Phi) is 2.21. The van der Waals surface area contributed by atoms with E-state index in [0.717, 1.165) is 21.6 Å². The largest absolute Gasteiger partial charge is 0.414 e. The van der Waals surface area contributed by atoms with Crippen LogP contribution in [0.2, 0.25) is 0 Å². The quantitative estimate of drug-likeness (QED) is 0.758. The maximum atomic E-state index is 11.0. The maximum absolute atomic E-state index is 11.0. The normalized spacial score (nSPS) is 10.6. The molecule has 0 bridgehead atoms. The van der Waals surface area contributed by atoms with Crippen LogP contribution in [0.1, 0.15) is 12.5 Å². The van der Waals surface area contributed by atoms with Gasteiger partial charge in [0.05, 0.1) is 4.70 Å². The number of fused-ring (bicyclic) bond motifs is 1. The highest BCUT2D eigenvalue weighted by Gasteiger charge is 2.08. The van der Waals surface area contributed by atoms with Gasteiger partial charge in [-0.2, -0.15) is 0 Å². The Morgan fingerprint density at radius 3 is 3.00 bits per heavy atom. The molecule has 0 atom stereocenters. The van der Waals surface area contributed by atoms with Crippen molar-refractivity contribution in [2.45, 2.75) is 13.3 Å². The van der Waals surface area contributed by atoms with Gasteiger partial charge in [-0.3, -0.25) is 4.79 Å². The van der Waals surface area contributed by atoms with Gasteiger partial charge in [0, 0.05) is 12.0 Å². The third kappa shape index (κ3) is 1.61. The summed E-state index contributed by atoms with van der Waals surface area (Å²) in [6, 6.07) is 5.44. The van der Waals surface area contributed by atoms with E-state index in [2.05, 4.69) is 0 Å². The average Bonchev–Trinajstić information content (AvgIpc) is 2.45. The van der Waals surface area contributed by atoms with Crippen LogP contribution in [0, 0.1) is 0 Å². The molecule has 1 heterocycles. The Balaban J connectivity index is 2.64. The van der Waals surface area contributed by atoms with Gasteiger partial charge in [0.15, 0.2) is 5.58 Å². The van der Waals surface area contributed by atoms with Crippen LogP contribution in [0.25, 0.3) is 10.3 Å². The lowest BCUT2D eigenvalue weighted by molar-refractivity contribution is -0.116. The van der Waals surface area contributed by atoms with E-state index in [1.54, 1.807) is 6.07 Å². The monoisotopic (exact) mass is 208 g/mol. The lowest BCUT2D eigenvalue weighted by Gasteiger charge is -1.96. The second-order valence-electron chi connectivity index (χ2n) is 3.08. The third-order valence-electron chi connectivity index (χ3n) is 1.88. The first-order valence-corrected chi connectivity index (χ1v) is 4.99. The summed E-state index contributed by atoms with van der Waals surface area (Å²) in [5, 5.41) is 0. The van der Waals surface area contributed by atoms with Gasteiger partial charge in [0.25, 0.3) is 0 Å². The second-order valence-corrected chi connectivity index (χ2v) is 4.05. The first-order valence-electron chi connectivity index (χ1n) is 4.18. The number of hydrogen-bond acceptors (Lipinski definition) is 4. The molecule has 3 nitrogen and oxygen atoms in total. The zero-order valence-electron chi connectivity index (χ0n) is 7.57. The molecule has 0 radical (unpaired) electrons. The highest BCUT2D eigenvalue weighted by atomic mass is 32.1. The molecule has 2 rings (SSSR count). The van der Waals surface area contributed by atoms with Gasteiger partial charge >= 0.3 is 4.94 Å². The minimum atomic E-state index is -0.323. The summed E-state index contributed by atoms with van der Waals surface area (Å²) in [4.78, 5) is 21.6. The van der Waals surface area contributed by atoms with Crippen LogP contribution < -0.4 is 4.94 Å². The zero-order valence-corrected chi connectivity index (χ0v) is 8.39. The molecule has 4 heteroatoms. The van der Waals surface area contributed by atoms with E-state index in [4.69, 9.17) is 4.42 Å². The van der Waals surface area contributed by atoms with E-state index in [-0.39, 0.29) is 10.7 Å². The molecule has 14 heavy (non-hydrogen) atoms. The molecule has 0 N–H and O–H groups in total. The summed E-state index contributed by atoms with van der Waals surface area (Å²) in [6.07, 6.45) is 0.316. The van der Waals surface area contributed by atoms with Gasteiger partial charge in [-0.1, -0.05) is 23.5 Å². The molecule has 0 aliphatic heterocycles. The molecule has 2 aromatic rings. The molecule has 0 spiro atoms. The van der Waals surface area contributed by atoms with Gasteiger partial charge in [-0.05, 0) is 13.0 Å². The van der Waals surface area contributed by atoms with Crippen molar-refractivity contribution in [2.75, 3.05) is 0 Å². The highest BCUT2D eigenvalue weighted by molar-refractivity contribution is 7.16. The smallest absolute Gasteiger partial charge is 0.396 e. The topological polar surface area (TPSA) is 47.3 Å². The molecular formula is C10H8O3S. The molecule has 0 amide bonds. The minimum absolute atomic E-state index is 0.0614. The molecule has 1 aromatic carbocycles. The van der Waals surface area contributed by atoms with E-state index < -0.39 is 0 Å². The van der Waals surface area contributed by atoms with Crippen molar-refractivity contribution in [3.63, 3.8) is 0 Å². The molecular weight excluding hydrogens is 200 g/mol. The summed E-state index contributed by atoms with van der Waals surface area (Å²) in [7, 11) is 0. The minimum Gasteiger partial charge on any atom is -0.414 e. The Morgan fingerprint density at radius 1 is 1.50 bits per heavy atom. The fourth-order valence-corrected chi connectivity index (χ4v) is 2.08. The summed E-state index contributed by atoms with van der Waals surface area (Å²) in [6.45, 7) is 1.52. The lowest BCUT2D eigenvalue weighted by Crippen LogP contribution is -1.96. The van der Waals surface area contributed by atoms with Crippen molar-refractivity contribution in [3.8, 4) is 0 Å². The van der Waals surface area contributed by atoms with Crippen LogP contribution >= 0.6 is 11.3 Å². The Morgan fingerprint density at radius 2 is 2.29 bits per heavy atom. The third-order valence-corrected chi connectivity index (χ3v) is 2.67. The van der Waals surface area contributed by atoms with Crippen LogP contribution in [0.3, 0.4) is 0 Å². The summed E-state index contributed by atoms with van der Waals surface area (Å²) < 4.78 is 5.81. The SMILES string of the molecule is CC(=O)Cc1cccc2sc(=O)oc12. The lowest BCUT2D eigenvalue weighted by atomic mass is 10.1. The van der Waals surface area contributed by atoms with Gasteiger partial charge in [0.1, 0.15) is 5.78 Å². The second kappa shape index (κ2) is 3.38. The Hall–Kier alpha value is -1.42. The van der Waals surface area contributed by atoms with Gasteiger partial charge in [-0.25, -0.2) is 4.79 Å². The number of ketones is 1.